The van der Waals surface area contributed by atoms with Gasteiger partial charge in [0.2, 0.25) is 0 Å². The number of piperazine rings is 1. The van der Waals surface area contributed by atoms with Crippen molar-refractivity contribution in [2.75, 3.05) is 39.3 Å². The van der Waals surface area contributed by atoms with Crippen molar-refractivity contribution >= 4 is 0 Å². The highest BCUT2D eigenvalue weighted by Crippen LogP contribution is 2.29. The van der Waals surface area contributed by atoms with E-state index in [2.05, 4.69) is 51.3 Å². The van der Waals surface area contributed by atoms with Crippen molar-refractivity contribution in [3.05, 3.63) is 41.7 Å². The summed E-state index contributed by atoms with van der Waals surface area (Å²) in [7, 11) is 0. The van der Waals surface area contributed by atoms with Gasteiger partial charge < -0.3 is 15.2 Å². The molecule has 0 radical (unpaired) electrons. The number of nitrogens with zero attached hydrogens (tertiary/aromatic N) is 3. The van der Waals surface area contributed by atoms with Crippen LogP contribution < -0.4 is 5.32 Å². The van der Waals surface area contributed by atoms with Crippen LogP contribution in [0.5, 0.6) is 0 Å². The minimum atomic E-state index is 0.395. The topological polar surface area (TPSA) is 47.2 Å². The van der Waals surface area contributed by atoms with E-state index in [4.69, 9.17) is 4.98 Å². The summed E-state index contributed by atoms with van der Waals surface area (Å²) >= 11 is 0. The summed E-state index contributed by atoms with van der Waals surface area (Å²) in [5.74, 6) is 0.997. The first-order valence-electron chi connectivity index (χ1n) is 8.66. The minimum Gasteiger partial charge on any atom is -0.340 e. The summed E-state index contributed by atoms with van der Waals surface area (Å²) in [6, 6.07) is 10.8. The highest BCUT2D eigenvalue weighted by atomic mass is 15.3. The molecule has 23 heavy (non-hydrogen) atoms. The van der Waals surface area contributed by atoms with Crippen LogP contribution in [-0.2, 0) is 6.54 Å². The van der Waals surface area contributed by atoms with Crippen molar-refractivity contribution < 1.29 is 0 Å². The van der Waals surface area contributed by atoms with Crippen molar-refractivity contribution in [1.82, 2.24) is 25.1 Å². The number of hydrogen-bond donors (Lipinski definition) is 2. The quantitative estimate of drug-likeness (QED) is 0.908. The van der Waals surface area contributed by atoms with Crippen molar-refractivity contribution in [3.8, 4) is 11.4 Å². The molecule has 2 N–H and O–H groups in total. The Bertz CT molecular complexity index is 643. The second kappa shape index (κ2) is 6.43. The van der Waals surface area contributed by atoms with Gasteiger partial charge in [-0.25, -0.2) is 4.98 Å². The van der Waals surface area contributed by atoms with Crippen LogP contribution in [0.3, 0.4) is 0 Å². The third-order valence-corrected chi connectivity index (χ3v) is 5.11. The number of nitrogens with one attached hydrogen (secondary N) is 2. The monoisotopic (exact) mass is 311 g/mol. The standard InChI is InChI=1S/C18H25N5/c1-2-22-8-10-23(11-9-22)16-13-19-12-15-17(16)21-18(20-15)14-6-4-3-5-7-14/h3-7,16,19H,2,8-13H2,1H3,(H,20,21). The molecular weight excluding hydrogens is 286 g/mol. The van der Waals surface area contributed by atoms with Crippen LogP contribution in [0, 0.1) is 0 Å². The molecule has 0 spiro atoms. The summed E-state index contributed by atoms with van der Waals surface area (Å²) in [6.07, 6.45) is 0. The first-order chi connectivity index (χ1) is 11.3. The molecule has 1 saturated heterocycles. The van der Waals surface area contributed by atoms with E-state index in [0.29, 0.717) is 6.04 Å². The van der Waals surface area contributed by atoms with Crippen molar-refractivity contribution in [2.45, 2.75) is 19.5 Å². The van der Waals surface area contributed by atoms with Gasteiger partial charge in [-0.05, 0) is 6.54 Å². The molecule has 1 aromatic carbocycles. The van der Waals surface area contributed by atoms with Crippen molar-refractivity contribution in [2.24, 2.45) is 0 Å². The molecule has 3 heterocycles. The van der Waals surface area contributed by atoms with E-state index in [-0.39, 0.29) is 0 Å². The summed E-state index contributed by atoms with van der Waals surface area (Å²) in [6.45, 7) is 9.88. The van der Waals surface area contributed by atoms with E-state index in [1.807, 2.05) is 6.07 Å². The van der Waals surface area contributed by atoms with E-state index in [1.165, 1.54) is 11.4 Å². The van der Waals surface area contributed by atoms with Crippen LogP contribution in [-0.4, -0.2) is 59.0 Å². The molecule has 5 heteroatoms. The first kappa shape index (κ1) is 14.9. The molecule has 0 saturated carbocycles. The fourth-order valence-electron chi connectivity index (χ4n) is 3.69. The fourth-order valence-corrected chi connectivity index (χ4v) is 3.69. The van der Waals surface area contributed by atoms with Crippen molar-refractivity contribution in [3.63, 3.8) is 0 Å². The number of rotatable bonds is 3. The zero-order valence-corrected chi connectivity index (χ0v) is 13.8. The van der Waals surface area contributed by atoms with E-state index in [9.17, 15) is 0 Å². The summed E-state index contributed by atoms with van der Waals surface area (Å²) < 4.78 is 0. The van der Waals surface area contributed by atoms with Gasteiger partial charge in [-0.15, -0.1) is 0 Å². The Morgan fingerprint density at radius 2 is 1.91 bits per heavy atom. The third kappa shape index (κ3) is 2.92. The van der Waals surface area contributed by atoms with Gasteiger partial charge in [0.1, 0.15) is 5.82 Å². The molecule has 2 aliphatic rings. The van der Waals surface area contributed by atoms with Crippen LogP contribution in [0.4, 0.5) is 0 Å². The van der Waals surface area contributed by atoms with E-state index in [1.54, 1.807) is 0 Å². The molecule has 2 aromatic rings. The maximum atomic E-state index is 4.97. The SMILES string of the molecule is CCN1CCN(C2CNCc3[nH]c(-c4ccccc4)nc32)CC1. The summed E-state index contributed by atoms with van der Waals surface area (Å²) in [5, 5.41) is 3.55. The molecule has 1 atom stereocenters. The lowest BCUT2D eigenvalue weighted by Crippen LogP contribution is -2.50. The van der Waals surface area contributed by atoms with Gasteiger partial charge in [0, 0.05) is 44.8 Å². The average molecular weight is 311 g/mol. The third-order valence-electron chi connectivity index (χ3n) is 5.11. The maximum Gasteiger partial charge on any atom is 0.137 e. The number of H-pyrrole nitrogens is 1. The van der Waals surface area contributed by atoms with Gasteiger partial charge in [0.25, 0.3) is 0 Å². The highest BCUT2D eigenvalue weighted by Gasteiger charge is 2.31. The molecule has 1 fully saturated rings. The molecule has 0 bridgehead atoms. The predicted molar refractivity (Wildman–Crippen MR) is 92.2 cm³/mol. The Balaban J connectivity index is 1.58. The van der Waals surface area contributed by atoms with Gasteiger partial charge in [0.05, 0.1) is 17.4 Å². The molecule has 0 amide bonds. The second-order valence-corrected chi connectivity index (χ2v) is 6.43. The van der Waals surface area contributed by atoms with E-state index < -0.39 is 0 Å². The smallest absolute Gasteiger partial charge is 0.137 e. The molecule has 4 rings (SSSR count). The van der Waals surface area contributed by atoms with Crippen molar-refractivity contribution in [1.29, 1.82) is 0 Å². The zero-order chi connectivity index (χ0) is 15.6. The average Bonchev–Trinajstić information content (AvgIpc) is 3.07. The molecule has 1 unspecified atom stereocenters. The number of fused-ring (bicyclic) bond motifs is 1. The Morgan fingerprint density at radius 1 is 1.13 bits per heavy atom. The summed E-state index contributed by atoms with van der Waals surface area (Å²) in [4.78, 5) is 13.6. The molecule has 0 aliphatic carbocycles. The Hall–Kier alpha value is -1.69. The minimum absolute atomic E-state index is 0.395. The van der Waals surface area contributed by atoms with Gasteiger partial charge in [-0.2, -0.15) is 0 Å². The number of aromatic nitrogens is 2. The normalized spacial score (nSPS) is 22.9. The highest BCUT2D eigenvalue weighted by molar-refractivity contribution is 5.56. The van der Waals surface area contributed by atoms with E-state index >= 15 is 0 Å². The van der Waals surface area contributed by atoms with Crippen LogP contribution in [0.2, 0.25) is 0 Å². The lowest BCUT2D eigenvalue weighted by atomic mass is 10.1. The Kier molecular flexibility index (Phi) is 4.16. The predicted octanol–water partition coefficient (Wildman–Crippen LogP) is 1.86. The molecule has 5 nitrogen and oxygen atoms in total. The molecule has 122 valence electrons. The number of aromatic amines is 1. The molecule has 1 aromatic heterocycles. The second-order valence-electron chi connectivity index (χ2n) is 6.43. The van der Waals surface area contributed by atoms with Gasteiger partial charge >= 0.3 is 0 Å². The van der Waals surface area contributed by atoms with Gasteiger partial charge in [-0.1, -0.05) is 37.3 Å². The zero-order valence-electron chi connectivity index (χ0n) is 13.8. The maximum absolute atomic E-state index is 4.97. The lowest BCUT2D eigenvalue weighted by molar-refractivity contribution is 0.0932. The Labute approximate surface area is 137 Å². The first-order valence-corrected chi connectivity index (χ1v) is 8.66. The fraction of sp³-hybridized carbons (Fsp3) is 0.500. The van der Waals surface area contributed by atoms with E-state index in [0.717, 1.165) is 57.2 Å². The van der Waals surface area contributed by atoms with Gasteiger partial charge in [-0.3, -0.25) is 4.90 Å². The number of imidazole rings is 1. The number of likely N-dealkylation sites (N-methyl/N-ethyl adjacent to an activating group) is 1. The Morgan fingerprint density at radius 3 is 2.65 bits per heavy atom. The summed E-state index contributed by atoms with van der Waals surface area (Å²) in [5.41, 5.74) is 3.65. The van der Waals surface area contributed by atoms with Crippen LogP contribution in [0.15, 0.2) is 30.3 Å². The molecule has 2 aliphatic heterocycles. The molecular formula is C18H25N5. The largest absolute Gasteiger partial charge is 0.340 e. The lowest BCUT2D eigenvalue weighted by Gasteiger charge is -2.40. The van der Waals surface area contributed by atoms with Crippen LogP contribution in [0.25, 0.3) is 11.4 Å². The van der Waals surface area contributed by atoms with Crippen LogP contribution in [0.1, 0.15) is 24.4 Å². The number of hydrogen-bond acceptors (Lipinski definition) is 4. The van der Waals surface area contributed by atoms with Crippen LogP contribution >= 0.6 is 0 Å². The number of benzene rings is 1. The van der Waals surface area contributed by atoms with Gasteiger partial charge in [0.15, 0.2) is 0 Å².